The number of aryl methyl sites for hydroxylation is 1. The number of esters is 1. The third-order valence-corrected chi connectivity index (χ3v) is 5.99. The van der Waals surface area contributed by atoms with Crippen molar-refractivity contribution in [2.45, 2.75) is 77.7 Å². The lowest BCUT2D eigenvalue weighted by Crippen LogP contribution is -2.48. The van der Waals surface area contributed by atoms with E-state index in [-0.39, 0.29) is 29.9 Å². The summed E-state index contributed by atoms with van der Waals surface area (Å²) < 4.78 is 5.84. The van der Waals surface area contributed by atoms with E-state index < -0.39 is 11.0 Å². The van der Waals surface area contributed by atoms with Crippen molar-refractivity contribution >= 4 is 17.5 Å². The first-order chi connectivity index (χ1) is 12.7. The van der Waals surface area contributed by atoms with Crippen LogP contribution in [0.5, 0.6) is 0 Å². The topological polar surface area (TPSA) is 60.4 Å². The Kier molecular flexibility index (Phi) is 5.55. The highest BCUT2D eigenvalue weighted by Gasteiger charge is 2.47. The van der Waals surface area contributed by atoms with E-state index in [1.165, 1.54) is 0 Å². The lowest BCUT2D eigenvalue weighted by atomic mass is 9.76. The molecule has 1 atom stereocenters. The Hall–Kier alpha value is -1.97. The molecule has 0 bridgehead atoms. The normalized spacial score (nSPS) is 24.1. The van der Waals surface area contributed by atoms with Crippen LogP contribution in [-0.4, -0.2) is 23.1 Å². The summed E-state index contributed by atoms with van der Waals surface area (Å²) >= 11 is 0. The summed E-state index contributed by atoms with van der Waals surface area (Å²) in [4.78, 5) is 36.5. The molecule has 1 unspecified atom stereocenters. The Bertz CT molecular complexity index is 702. The molecule has 1 saturated heterocycles. The summed E-state index contributed by atoms with van der Waals surface area (Å²) in [5, 5.41) is 0. The first-order valence-corrected chi connectivity index (χ1v) is 10.1. The zero-order valence-electron chi connectivity index (χ0n) is 16.7. The van der Waals surface area contributed by atoms with Crippen LogP contribution in [0.25, 0.3) is 0 Å². The van der Waals surface area contributed by atoms with E-state index in [0.29, 0.717) is 12.8 Å². The maximum absolute atomic E-state index is 12.4. The molecule has 1 aromatic rings. The van der Waals surface area contributed by atoms with Gasteiger partial charge in [0.05, 0.1) is 0 Å². The predicted molar refractivity (Wildman–Crippen MR) is 104 cm³/mol. The molecule has 27 heavy (non-hydrogen) atoms. The van der Waals surface area contributed by atoms with Gasteiger partial charge >= 0.3 is 5.97 Å². The van der Waals surface area contributed by atoms with E-state index in [2.05, 4.69) is 0 Å². The molecule has 4 heteroatoms. The van der Waals surface area contributed by atoms with Gasteiger partial charge in [0.15, 0.2) is 5.78 Å². The van der Waals surface area contributed by atoms with Gasteiger partial charge in [-0.15, -0.1) is 0 Å². The lowest BCUT2D eigenvalue weighted by Gasteiger charge is -2.41. The van der Waals surface area contributed by atoms with Crippen molar-refractivity contribution < 1.29 is 19.1 Å². The van der Waals surface area contributed by atoms with Crippen LogP contribution in [0.4, 0.5) is 0 Å². The molecule has 1 aliphatic heterocycles. The minimum atomic E-state index is -0.636. The molecule has 1 aromatic carbocycles. The fraction of sp³-hybridized carbons (Fsp3) is 0.609. The summed E-state index contributed by atoms with van der Waals surface area (Å²) in [5.74, 6) is 0.0456. The third-order valence-electron chi connectivity index (χ3n) is 5.99. The first-order valence-electron chi connectivity index (χ1n) is 10.1. The van der Waals surface area contributed by atoms with Crippen LogP contribution in [0.1, 0.15) is 81.6 Å². The first kappa shape index (κ1) is 19.8. The number of rotatable bonds is 5. The maximum Gasteiger partial charge on any atom is 0.313 e. The Labute approximate surface area is 161 Å². The highest BCUT2D eigenvalue weighted by molar-refractivity contribution is 6.00. The predicted octanol–water partition coefficient (Wildman–Crippen LogP) is 4.68. The van der Waals surface area contributed by atoms with Crippen LogP contribution < -0.4 is 0 Å². The van der Waals surface area contributed by atoms with Gasteiger partial charge < -0.3 is 4.74 Å². The Morgan fingerprint density at radius 1 is 1.11 bits per heavy atom. The molecule has 0 radical (unpaired) electrons. The van der Waals surface area contributed by atoms with E-state index in [1.807, 2.05) is 45.0 Å². The van der Waals surface area contributed by atoms with Gasteiger partial charge in [-0.3, -0.25) is 14.4 Å². The highest BCUT2D eigenvalue weighted by atomic mass is 16.6. The van der Waals surface area contributed by atoms with E-state index in [1.54, 1.807) is 0 Å². The number of hydrogen-bond acceptors (Lipinski definition) is 4. The average molecular weight is 370 g/mol. The summed E-state index contributed by atoms with van der Waals surface area (Å²) in [5.41, 5.74) is 0.788. The smallest absolute Gasteiger partial charge is 0.313 e. The monoisotopic (exact) mass is 370 g/mol. The SMILES string of the molecule is CC(C)(C)C(=O)c1ccc(CCC2(C3CCCC3)CC(=O)CC(=O)O2)cc1. The Balaban J connectivity index is 1.73. The largest absolute Gasteiger partial charge is 0.458 e. The van der Waals surface area contributed by atoms with Crippen LogP contribution in [0.3, 0.4) is 0 Å². The number of ether oxygens (including phenoxy) is 1. The van der Waals surface area contributed by atoms with Crippen molar-refractivity contribution in [2.75, 3.05) is 0 Å². The molecule has 1 saturated carbocycles. The van der Waals surface area contributed by atoms with Crippen molar-refractivity contribution in [3.63, 3.8) is 0 Å². The number of ketones is 2. The molecule has 1 heterocycles. The van der Waals surface area contributed by atoms with Gasteiger partial charge in [0, 0.05) is 17.4 Å². The van der Waals surface area contributed by atoms with Gasteiger partial charge in [-0.1, -0.05) is 57.9 Å². The van der Waals surface area contributed by atoms with Crippen LogP contribution in [-0.2, 0) is 20.7 Å². The zero-order valence-corrected chi connectivity index (χ0v) is 16.7. The van der Waals surface area contributed by atoms with E-state index >= 15 is 0 Å². The molecule has 2 aliphatic rings. The standard InChI is InChI=1S/C23H30O4/c1-22(2,3)21(26)17-10-8-16(9-11-17)12-13-23(18-6-4-5-7-18)15-19(24)14-20(25)27-23/h8-11,18H,4-7,12-15H2,1-3H3. The number of benzene rings is 1. The minimum absolute atomic E-state index is 0.00396. The quantitative estimate of drug-likeness (QED) is 0.429. The minimum Gasteiger partial charge on any atom is -0.458 e. The molecule has 0 aromatic heterocycles. The summed E-state index contributed by atoms with van der Waals surface area (Å²) in [6, 6.07) is 7.72. The summed E-state index contributed by atoms with van der Waals surface area (Å²) in [6.45, 7) is 5.76. The Morgan fingerprint density at radius 3 is 2.30 bits per heavy atom. The number of Topliss-reactive ketones (excluding diaryl/α,β-unsaturated/α-hetero) is 2. The number of carbonyl (C=O) groups is 3. The third kappa shape index (κ3) is 4.48. The average Bonchev–Trinajstić information content (AvgIpc) is 3.13. The van der Waals surface area contributed by atoms with Crippen LogP contribution in [0, 0.1) is 11.3 Å². The second-order valence-corrected chi connectivity index (χ2v) is 9.19. The fourth-order valence-electron chi connectivity index (χ4n) is 4.49. The van der Waals surface area contributed by atoms with Gasteiger partial charge in [0.1, 0.15) is 17.8 Å². The second kappa shape index (κ2) is 7.57. The van der Waals surface area contributed by atoms with Crippen molar-refractivity contribution in [1.29, 1.82) is 0 Å². The summed E-state index contributed by atoms with van der Waals surface area (Å²) in [6.07, 6.45) is 6.01. The molecule has 146 valence electrons. The van der Waals surface area contributed by atoms with Crippen molar-refractivity contribution in [3.05, 3.63) is 35.4 Å². The maximum atomic E-state index is 12.4. The van der Waals surface area contributed by atoms with Crippen LogP contribution in [0.2, 0.25) is 0 Å². The van der Waals surface area contributed by atoms with Crippen molar-refractivity contribution in [1.82, 2.24) is 0 Å². The molecule has 0 N–H and O–H groups in total. The van der Waals surface area contributed by atoms with Crippen LogP contribution >= 0.6 is 0 Å². The van der Waals surface area contributed by atoms with E-state index in [0.717, 1.165) is 43.2 Å². The number of hydrogen-bond donors (Lipinski definition) is 0. The van der Waals surface area contributed by atoms with Gasteiger partial charge in [-0.25, -0.2) is 0 Å². The Morgan fingerprint density at radius 2 is 1.74 bits per heavy atom. The molecular formula is C23H30O4. The highest BCUT2D eigenvalue weighted by Crippen LogP contribution is 2.43. The van der Waals surface area contributed by atoms with E-state index in [4.69, 9.17) is 4.74 Å². The number of carbonyl (C=O) groups excluding carboxylic acids is 3. The molecule has 0 spiro atoms. The van der Waals surface area contributed by atoms with E-state index in [9.17, 15) is 14.4 Å². The lowest BCUT2D eigenvalue weighted by molar-refractivity contribution is -0.178. The molecule has 4 nitrogen and oxygen atoms in total. The molecular weight excluding hydrogens is 340 g/mol. The van der Waals surface area contributed by atoms with Crippen LogP contribution in [0.15, 0.2) is 24.3 Å². The molecule has 2 fully saturated rings. The van der Waals surface area contributed by atoms with Crippen molar-refractivity contribution in [3.8, 4) is 0 Å². The summed E-state index contributed by atoms with van der Waals surface area (Å²) in [7, 11) is 0. The molecule has 0 amide bonds. The molecule has 3 rings (SSSR count). The zero-order chi connectivity index (χ0) is 19.7. The number of cyclic esters (lactones) is 1. The van der Waals surface area contributed by atoms with Crippen molar-refractivity contribution in [2.24, 2.45) is 11.3 Å². The van der Waals surface area contributed by atoms with Gasteiger partial charge in [0.25, 0.3) is 0 Å². The van der Waals surface area contributed by atoms with Gasteiger partial charge in [0.2, 0.25) is 0 Å². The van der Waals surface area contributed by atoms with Gasteiger partial charge in [-0.05, 0) is 37.2 Å². The van der Waals surface area contributed by atoms with Gasteiger partial charge in [-0.2, -0.15) is 0 Å². The second-order valence-electron chi connectivity index (χ2n) is 9.19. The molecule has 1 aliphatic carbocycles. The fourth-order valence-corrected chi connectivity index (χ4v) is 4.49.